The summed E-state index contributed by atoms with van der Waals surface area (Å²) in [5.41, 5.74) is 1.89. The number of hydrogen-bond donors (Lipinski definition) is 2. The Labute approximate surface area is 161 Å². The molecule has 0 spiro atoms. The Morgan fingerprint density at radius 1 is 1.22 bits per heavy atom. The topological polar surface area (TPSA) is 111 Å². The fourth-order valence-electron chi connectivity index (χ4n) is 2.54. The van der Waals surface area contributed by atoms with Crippen molar-refractivity contribution in [2.24, 2.45) is 5.14 Å². The predicted molar refractivity (Wildman–Crippen MR) is 104 cm³/mol. The number of esters is 1. The summed E-state index contributed by atoms with van der Waals surface area (Å²) in [5, 5.41) is 9.35. The molecule has 0 unspecified atom stereocenters. The molecule has 3 aromatic rings. The highest BCUT2D eigenvalue weighted by Gasteiger charge is 2.17. The zero-order valence-corrected chi connectivity index (χ0v) is 15.8. The lowest BCUT2D eigenvalue weighted by Crippen LogP contribution is -2.12. The Morgan fingerprint density at radius 3 is 2.56 bits per heavy atom. The van der Waals surface area contributed by atoms with Crippen molar-refractivity contribution in [2.45, 2.75) is 11.8 Å². The molecule has 3 rings (SSSR count). The van der Waals surface area contributed by atoms with Gasteiger partial charge in [-0.25, -0.2) is 18.4 Å². The Balaban J connectivity index is 2.11. The first-order valence-corrected chi connectivity index (χ1v) is 9.87. The number of ether oxygens (including phenoxy) is 1. The van der Waals surface area contributed by atoms with Crippen LogP contribution in [-0.4, -0.2) is 26.0 Å². The Kier molecular flexibility index (Phi) is 5.31. The number of nitrogens with zero attached hydrogens (tertiary/aromatic N) is 1. The van der Waals surface area contributed by atoms with Gasteiger partial charge in [-0.3, -0.25) is 4.98 Å². The number of fused-ring (bicyclic) bond motifs is 1. The third kappa shape index (κ3) is 4.19. The van der Waals surface area contributed by atoms with Crippen molar-refractivity contribution in [3.05, 3.63) is 59.2 Å². The zero-order chi connectivity index (χ0) is 19.6. The summed E-state index contributed by atoms with van der Waals surface area (Å²) in [4.78, 5) is 16.6. The fourth-order valence-corrected chi connectivity index (χ4v) is 3.22. The van der Waals surface area contributed by atoms with E-state index < -0.39 is 16.0 Å². The largest absolute Gasteiger partial charge is 0.462 e. The molecule has 27 heavy (non-hydrogen) atoms. The molecule has 1 heterocycles. The van der Waals surface area contributed by atoms with Crippen molar-refractivity contribution in [3.63, 3.8) is 0 Å². The van der Waals surface area contributed by atoms with E-state index in [2.05, 4.69) is 10.3 Å². The van der Waals surface area contributed by atoms with E-state index in [0.29, 0.717) is 27.3 Å². The van der Waals surface area contributed by atoms with Crippen molar-refractivity contribution < 1.29 is 17.9 Å². The highest BCUT2D eigenvalue weighted by atomic mass is 35.5. The van der Waals surface area contributed by atoms with Crippen LogP contribution in [0.25, 0.3) is 10.9 Å². The normalized spacial score (nSPS) is 11.4. The van der Waals surface area contributed by atoms with Crippen LogP contribution < -0.4 is 10.5 Å². The number of carbonyl (C=O) groups excluding carboxylic acids is 1. The lowest BCUT2D eigenvalue weighted by atomic mass is 10.1. The molecule has 0 aliphatic carbocycles. The van der Waals surface area contributed by atoms with Crippen LogP contribution in [0.4, 0.5) is 11.4 Å². The summed E-state index contributed by atoms with van der Waals surface area (Å²) in [5.74, 6) is -0.532. The molecule has 2 aromatic carbocycles. The first-order chi connectivity index (χ1) is 12.8. The highest BCUT2D eigenvalue weighted by molar-refractivity contribution is 7.89. The average Bonchev–Trinajstić information content (AvgIpc) is 2.62. The second-order valence-electron chi connectivity index (χ2n) is 5.62. The van der Waals surface area contributed by atoms with E-state index in [-0.39, 0.29) is 17.1 Å². The van der Waals surface area contributed by atoms with Crippen LogP contribution in [0.2, 0.25) is 5.02 Å². The van der Waals surface area contributed by atoms with Crippen LogP contribution in [0, 0.1) is 0 Å². The number of halogens is 1. The number of pyridine rings is 1. The molecule has 0 saturated heterocycles. The molecule has 0 amide bonds. The molecular weight excluding hydrogens is 390 g/mol. The van der Waals surface area contributed by atoms with Gasteiger partial charge in [0, 0.05) is 22.3 Å². The number of aromatic nitrogens is 1. The number of carbonyl (C=O) groups is 1. The minimum absolute atomic E-state index is 0.0127. The molecule has 0 aliphatic heterocycles. The monoisotopic (exact) mass is 405 g/mol. The van der Waals surface area contributed by atoms with Crippen molar-refractivity contribution in [1.29, 1.82) is 0 Å². The fraction of sp³-hybridized carbons (Fsp3) is 0.111. The van der Waals surface area contributed by atoms with Gasteiger partial charge in [0.1, 0.15) is 5.56 Å². The summed E-state index contributed by atoms with van der Waals surface area (Å²) in [6.45, 7) is 1.93. The first kappa shape index (κ1) is 19.1. The SMILES string of the molecule is CCOC(=O)c1cnc2ccc(Cl)cc2c1Nc1ccc(S(N)(=O)=O)cc1. The Hall–Kier alpha value is -2.68. The van der Waals surface area contributed by atoms with Gasteiger partial charge in [0.05, 0.1) is 22.7 Å². The summed E-state index contributed by atoms with van der Waals surface area (Å²) in [7, 11) is -3.79. The van der Waals surface area contributed by atoms with Crippen molar-refractivity contribution in [1.82, 2.24) is 4.98 Å². The van der Waals surface area contributed by atoms with E-state index in [9.17, 15) is 13.2 Å². The van der Waals surface area contributed by atoms with E-state index >= 15 is 0 Å². The van der Waals surface area contributed by atoms with Gasteiger partial charge in [-0.1, -0.05) is 11.6 Å². The molecule has 3 N–H and O–H groups in total. The molecule has 0 aliphatic rings. The Morgan fingerprint density at radius 2 is 1.93 bits per heavy atom. The number of rotatable bonds is 5. The third-order valence-corrected chi connectivity index (χ3v) is 4.94. The standard InChI is InChI=1S/C18H16ClN3O4S/c1-2-26-18(23)15-10-21-16-8-3-11(19)9-14(16)17(15)22-12-4-6-13(7-5-12)27(20,24)25/h3-10H,2H2,1H3,(H,21,22)(H2,20,24,25). The van der Waals surface area contributed by atoms with Crippen LogP contribution in [0.1, 0.15) is 17.3 Å². The van der Waals surface area contributed by atoms with Gasteiger partial charge in [-0.2, -0.15) is 0 Å². The molecule has 0 saturated carbocycles. The molecule has 0 radical (unpaired) electrons. The summed E-state index contributed by atoms with van der Waals surface area (Å²) >= 11 is 6.11. The molecule has 7 nitrogen and oxygen atoms in total. The van der Waals surface area contributed by atoms with Crippen LogP contribution in [-0.2, 0) is 14.8 Å². The molecule has 0 bridgehead atoms. The highest BCUT2D eigenvalue weighted by Crippen LogP contribution is 2.31. The van der Waals surface area contributed by atoms with Gasteiger partial charge in [0.15, 0.2) is 0 Å². The molecule has 0 atom stereocenters. The van der Waals surface area contributed by atoms with E-state index in [0.717, 1.165) is 0 Å². The lowest BCUT2D eigenvalue weighted by molar-refractivity contribution is 0.0527. The number of benzene rings is 2. The van der Waals surface area contributed by atoms with E-state index in [1.807, 2.05) is 0 Å². The van der Waals surface area contributed by atoms with Gasteiger partial charge in [-0.15, -0.1) is 0 Å². The number of nitrogens with two attached hydrogens (primary N) is 1. The number of primary sulfonamides is 1. The minimum Gasteiger partial charge on any atom is -0.462 e. The Bertz CT molecular complexity index is 1120. The van der Waals surface area contributed by atoms with Gasteiger partial charge >= 0.3 is 5.97 Å². The summed E-state index contributed by atoms with van der Waals surface area (Å²) in [6.07, 6.45) is 1.43. The predicted octanol–water partition coefficient (Wildman–Crippen LogP) is 3.46. The molecule has 9 heteroatoms. The van der Waals surface area contributed by atoms with E-state index in [1.165, 1.54) is 18.3 Å². The van der Waals surface area contributed by atoms with Crippen LogP contribution in [0.3, 0.4) is 0 Å². The maximum Gasteiger partial charge on any atom is 0.341 e. The van der Waals surface area contributed by atoms with E-state index in [4.69, 9.17) is 21.5 Å². The summed E-state index contributed by atoms with van der Waals surface area (Å²) < 4.78 is 27.9. The van der Waals surface area contributed by atoms with Crippen molar-refractivity contribution >= 4 is 49.9 Å². The van der Waals surface area contributed by atoms with Gasteiger partial charge in [0.25, 0.3) is 0 Å². The lowest BCUT2D eigenvalue weighted by Gasteiger charge is -2.14. The zero-order valence-electron chi connectivity index (χ0n) is 14.3. The second-order valence-corrected chi connectivity index (χ2v) is 7.62. The number of anilines is 2. The molecule has 1 aromatic heterocycles. The number of nitrogens with one attached hydrogen (secondary N) is 1. The van der Waals surface area contributed by atoms with Gasteiger partial charge in [0.2, 0.25) is 10.0 Å². The molecular formula is C18H16ClN3O4S. The average molecular weight is 406 g/mol. The smallest absolute Gasteiger partial charge is 0.341 e. The van der Waals surface area contributed by atoms with E-state index in [1.54, 1.807) is 37.3 Å². The third-order valence-electron chi connectivity index (χ3n) is 3.78. The number of sulfonamides is 1. The first-order valence-electron chi connectivity index (χ1n) is 7.95. The maximum absolute atomic E-state index is 12.3. The van der Waals surface area contributed by atoms with Crippen molar-refractivity contribution in [3.8, 4) is 0 Å². The summed E-state index contributed by atoms with van der Waals surface area (Å²) in [6, 6.07) is 11.0. The maximum atomic E-state index is 12.3. The molecule has 0 fully saturated rings. The van der Waals surface area contributed by atoms with Gasteiger partial charge in [-0.05, 0) is 49.4 Å². The minimum atomic E-state index is -3.79. The van der Waals surface area contributed by atoms with Crippen LogP contribution in [0.15, 0.2) is 53.6 Å². The molecule has 140 valence electrons. The quantitative estimate of drug-likeness (QED) is 0.629. The van der Waals surface area contributed by atoms with Crippen LogP contribution >= 0.6 is 11.6 Å². The van der Waals surface area contributed by atoms with Crippen LogP contribution in [0.5, 0.6) is 0 Å². The van der Waals surface area contributed by atoms with Crippen molar-refractivity contribution in [2.75, 3.05) is 11.9 Å². The van der Waals surface area contributed by atoms with Gasteiger partial charge < -0.3 is 10.1 Å². The second kappa shape index (κ2) is 7.51. The number of hydrogen-bond acceptors (Lipinski definition) is 6.